The van der Waals surface area contributed by atoms with E-state index in [-0.39, 0.29) is 0 Å². The highest BCUT2D eigenvalue weighted by atomic mass is 16.3. The van der Waals surface area contributed by atoms with Gasteiger partial charge in [-0.3, -0.25) is 0 Å². The molecular formula is C17H24N4O. The molecule has 0 bridgehead atoms. The first kappa shape index (κ1) is 14.9. The molecule has 3 rings (SSSR count). The second-order valence-corrected chi connectivity index (χ2v) is 6.05. The predicted molar refractivity (Wildman–Crippen MR) is 89.0 cm³/mol. The van der Waals surface area contributed by atoms with Crippen LogP contribution in [0.4, 0.5) is 11.5 Å². The number of aromatic nitrogens is 2. The lowest BCUT2D eigenvalue weighted by atomic mass is 9.98. The van der Waals surface area contributed by atoms with Gasteiger partial charge in [0.05, 0.1) is 11.9 Å². The lowest BCUT2D eigenvalue weighted by Crippen LogP contribution is -2.34. The van der Waals surface area contributed by atoms with Gasteiger partial charge in [0.1, 0.15) is 5.82 Å². The number of piperidine rings is 1. The second kappa shape index (κ2) is 6.83. The van der Waals surface area contributed by atoms with Crippen molar-refractivity contribution in [1.29, 1.82) is 0 Å². The molecule has 5 nitrogen and oxygen atoms in total. The van der Waals surface area contributed by atoms with Gasteiger partial charge in [0.15, 0.2) is 0 Å². The minimum atomic E-state index is 0.314. The van der Waals surface area contributed by atoms with E-state index in [1.165, 1.54) is 11.3 Å². The summed E-state index contributed by atoms with van der Waals surface area (Å²) in [7, 11) is 2.02. The van der Waals surface area contributed by atoms with Gasteiger partial charge in [-0.05, 0) is 42.5 Å². The van der Waals surface area contributed by atoms with E-state index in [0.29, 0.717) is 12.5 Å². The van der Waals surface area contributed by atoms with Crippen LogP contribution in [0.1, 0.15) is 18.4 Å². The number of aryl methyl sites for hydroxylation is 1. The van der Waals surface area contributed by atoms with E-state index in [0.717, 1.165) is 38.3 Å². The van der Waals surface area contributed by atoms with E-state index in [2.05, 4.69) is 33.5 Å². The van der Waals surface area contributed by atoms with Gasteiger partial charge >= 0.3 is 0 Å². The molecule has 22 heavy (non-hydrogen) atoms. The van der Waals surface area contributed by atoms with Crippen molar-refractivity contribution in [3.05, 3.63) is 42.4 Å². The Balaban J connectivity index is 1.54. The monoisotopic (exact) mass is 300 g/mol. The number of rotatable bonds is 5. The zero-order valence-corrected chi connectivity index (χ0v) is 13.1. The molecule has 0 aromatic carbocycles. The molecule has 0 spiro atoms. The number of aliphatic hydroxyl groups is 1. The smallest absolute Gasteiger partial charge is 0.126 e. The zero-order chi connectivity index (χ0) is 15.4. The van der Waals surface area contributed by atoms with Crippen molar-refractivity contribution >= 4 is 11.5 Å². The van der Waals surface area contributed by atoms with Crippen LogP contribution >= 0.6 is 0 Å². The fourth-order valence-electron chi connectivity index (χ4n) is 2.91. The van der Waals surface area contributed by atoms with Gasteiger partial charge in [-0.1, -0.05) is 0 Å². The van der Waals surface area contributed by atoms with Crippen LogP contribution in [0.2, 0.25) is 0 Å². The summed E-state index contributed by atoms with van der Waals surface area (Å²) in [5.41, 5.74) is 2.42. The lowest BCUT2D eigenvalue weighted by molar-refractivity contribution is 0.203. The maximum atomic E-state index is 9.20. The number of aliphatic hydroxyl groups excluding tert-OH is 1. The van der Waals surface area contributed by atoms with Gasteiger partial charge in [-0.15, -0.1) is 0 Å². The van der Waals surface area contributed by atoms with Crippen molar-refractivity contribution in [2.24, 2.45) is 13.0 Å². The molecule has 0 atom stereocenters. The van der Waals surface area contributed by atoms with Crippen LogP contribution in [-0.4, -0.2) is 34.4 Å². The summed E-state index contributed by atoms with van der Waals surface area (Å²) in [6.45, 7) is 3.11. The highest BCUT2D eigenvalue weighted by molar-refractivity contribution is 5.49. The SMILES string of the molecule is Cn1ccc(CNc2ccc(N3CCC(CO)CC3)cn2)c1. The van der Waals surface area contributed by atoms with Crippen molar-refractivity contribution in [3.8, 4) is 0 Å². The molecule has 0 saturated carbocycles. The summed E-state index contributed by atoms with van der Waals surface area (Å²) in [6.07, 6.45) is 8.21. The Kier molecular flexibility index (Phi) is 4.63. The third kappa shape index (κ3) is 3.60. The molecular weight excluding hydrogens is 276 g/mol. The van der Waals surface area contributed by atoms with E-state index in [4.69, 9.17) is 0 Å². The molecule has 1 saturated heterocycles. The molecule has 0 unspecified atom stereocenters. The first-order chi connectivity index (χ1) is 10.7. The quantitative estimate of drug-likeness (QED) is 0.889. The zero-order valence-electron chi connectivity index (χ0n) is 13.1. The Morgan fingerprint density at radius 1 is 1.27 bits per heavy atom. The topological polar surface area (TPSA) is 53.3 Å². The van der Waals surface area contributed by atoms with Gasteiger partial charge < -0.3 is 19.9 Å². The van der Waals surface area contributed by atoms with Crippen molar-refractivity contribution in [2.75, 3.05) is 29.9 Å². The van der Waals surface area contributed by atoms with E-state index >= 15 is 0 Å². The van der Waals surface area contributed by atoms with Gasteiger partial charge in [0.2, 0.25) is 0 Å². The molecule has 3 heterocycles. The maximum absolute atomic E-state index is 9.20. The summed E-state index contributed by atoms with van der Waals surface area (Å²) >= 11 is 0. The highest BCUT2D eigenvalue weighted by Gasteiger charge is 2.18. The molecule has 1 aliphatic rings. The Hall–Kier alpha value is -2.01. The molecule has 2 aromatic rings. The van der Waals surface area contributed by atoms with Crippen LogP contribution in [-0.2, 0) is 13.6 Å². The number of nitrogens with one attached hydrogen (secondary N) is 1. The number of hydrogen-bond donors (Lipinski definition) is 2. The molecule has 0 amide bonds. The third-order valence-corrected chi connectivity index (χ3v) is 4.35. The number of hydrogen-bond acceptors (Lipinski definition) is 4. The number of pyridine rings is 1. The van der Waals surface area contributed by atoms with E-state index in [9.17, 15) is 5.11 Å². The van der Waals surface area contributed by atoms with Crippen LogP contribution in [0.15, 0.2) is 36.8 Å². The lowest BCUT2D eigenvalue weighted by Gasteiger charge is -2.32. The molecule has 2 aromatic heterocycles. The molecule has 0 radical (unpaired) electrons. The standard InChI is InChI=1S/C17H24N4O/c1-20-7-4-15(12-20)10-18-17-3-2-16(11-19-17)21-8-5-14(13-22)6-9-21/h2-4,7,11-12,14,22H,5-6,8-10,13H2,1H3,(H,18,19). The van der Waals surface area contributed by atoms with Gasteiger partial charge in [0, 0.05) is 45.7 Å². The van der Waals surface area contributed by atoms with Crippen molar-refractivity contribution < 1.29 is 5.11 Å². The first-order valence-electron chi connectivity index (χ1n) is 7.91. The predicted octanol–water partition coefficient (Wildman–Crippen LogP) is 2.24. The van der Waals surface area contributed by atoms with Crippen LogP contribution < -0.4 is 10.2 Å². The summed E-state index contributed by atoms with van der Waals surface area (Å²) in [4.78, 5) is 6.85. The molecule has 2 N–H and O–H groups in total. The van der Waals surface area contributed by atoms with Gasteiger partial charge in [-0.2, -0.15) is 0 Å². The average Bonchev–Trinajstić information content (AvgIpc) is 2.99. The number of anilines is 2. The summed E-state index contributed by atoms with van der Waals surface area (Å²) in [5, 5.41) is 12.5. The highest BCUT2D eigenvalue weighted by Crippen LogP contribution is 2.23. The van der Waals surface area contributed by atoms with Crippen LogP contribution in [0, 0.1) is 5.92 Å². The van der Waals surface area contributed by atoms with Crippen LogP contribution in [0.25, 0.3) is 0 Å². The normalized spacial score (nSPS) is 16.0. The van der Waals surface area contributed by atoms with Gasteiger partial charge in [-0.25, -0.2) is 4.98 Å². The van der Waals surface area contributed by atoms with E-state index in [1.54, 1.807) is 0 Å². The second-order valence-electron chi connectivity index (χ2n) is 6.05. The fourth-order valence-corrected chi connectivity index (χ4v) is 2.91. The van der Waals surface area contributed by atoms with Crippen LogP contribution in [0.5, 0.6) is 0 Å². The molecule has 1 aliphatic heterocycles. The van der Waals surface area contributed by atoms with Crippen molar-refractivity contribution in [2.45, 2.75) is 19.4 Å². The largest absolute Gasteiger partial charge is 0.396 e. The summed E-state index contributed by atoms with van der Waals surface area (Å²) in [6, 6.07) is 6.27. The molecule has 118 valence electrons. The van der Waals surface area contributed by atoms with Crippen LogP contribution in [0.3, 0.4) is 0 Å². The summed E-state index contributed by atoms with van der Waals surface area (Å²) < 4.78 is 2.05. The Morgan fingerprint density at radius 2 is 2.09 bits per heavy atom. The average molecular weight is 300 g/mol. The number of nitrogens with zero attached hydrogens (tertiary/aromatic N) is 3. The Labute approximate surface area is 131 Å². The molecule has 1 fully saturated rings. The first-order valence-corrected chi connectivity index (χ1v) is 7.91. The van der Waals surface area contributed by atoms with E-state index < -0.39 is 0 Å². The van der Waals surface area contributed by atoms with E-state index in [1.807, 2.05) is 30.1 Å². The summed E-state index contributed by atoms with van der Waals surface area (Å²) in [5.74, 6) is 1.37. The Morgan fingerprint density at radius 3 is 2.68 bits per heavy atom. The third-order valence-electron chi connectivity index (χ3n) is 4.35. The molecule has 5 heteroatoms. The fraction of sp³-hybridized carbons (Fsp3) is 0.471. The minimum absolute atomic E-state index is 0.314. The molecule has 0 aliphatic carbocycles. The van der Waals surface area contributed by atoms with Gasteiger partial charge in [0.25, 0.3) is 0 Å². The van der Waals surface area contributed by atoms with Crippen molar-refractivity contribution in [3.63, 3.8) is 0 Å². The van der Waals surface area contributed by atoms with Crippen molar-refractivity contribution in [1.82, 2.24) is 9.55 Å². The minimum Gasteiger partial charge on any atom is -0.396 e. The maximum Gasteiger partial charge on any atom is 0.126 e. The Bertz CT molecular complexity index is 585.